The maximum Gasteiger partial charge on any atom is 0.256 e. The Morgan fingerprint density at radius 2 is 2.00 bits per heavy atom. The summed E-state index contributed by atoms with van der Waals surface area (Å²) in [5.41, 5.74) is 3.67. The highest BCUT2D eigenvalue weighted by Crippen LogP contribution is 2.33. The van der Waals surface area contributed by atoms with Crippen LogP contribution < -0.4 is 4.72 Å². The molecule has 1 amide bonds. The lowest BCUT2D eigenvalue weighted by atomic mass is 9.97. The second kappa shape index (κ2) is 8.12. The van der Waals surface area contributed by atoms with E-state index in [0.29, 0.717) is 22.9 Å². The van der Waals surface area contributed by atoms with E-state index in [-0.39, 0.29) is 17.6 Å². The number of likely N-dealkylation sites (tertiary alicyclic amines) is 1. The number of nitrogens with one attached hydrogen (secondary N) is 1. The summed E-state index contributed by atoms with van der Waals surface area (Å²) in [5, 5.41) is 5.08. The Labute approximate surface area is 186 Å². The van der Waals surface area contributed by atoms with E-state index in [1.165, 1.54) is 0 Å². The molecule has 31 heavy (non-hydrogen) atoms. The second-order valence-electron chi connectivity index (χ2n) is 8.02. The first-order chi connectivity index (χ1) is 14.6. The van der Waals surface area contributed by atoms with Crippen LogP contribution in [0.3, 0.4) is 0 Å². The Bertz CT molecular complexity index is 1230. The van der Waals surface area contributed by atoms with Crippen LogP contribution in [0.4, 0.5) is 5.69 Å². The van der Waals surface area contributed by atoms with Crippen LogP contribution in [-0.2, 0) is 10.0 Å². The third kappa shape index (κ3) is 4.52. The number of carbonyl (C=O) groups excluding carboxylic acids is 1. The van der Waals surface area contributed by atoms with E-state index in [1.54, 1.807) is 27.6 Å². The molecule has 0 radical (unpaired) electrons. The molecule has 1 saturated heterocycles. The highest BCUT2D eigenvalue weighted by molar-refractivity contribution is 7.92. The summed E-state index contributed by atoms with van der Waals surface area (Å²) in [5.74, 6) is -0.223. The maximum atomic E-state index is 13.6. The number of fused-ring (bicyclic) bond motifs is 1. The quantitative estimate of drug-likeness (QED) is 0.597. The molecule has 164 valence electrons. The molecular formula is C21H24ClN5O3S. The van der Waals surface area contributed by atoms with Crippen molar-refractivity contribution < 1.29 is 13.2 Å². The predicted molar refractivity (Wildman–Crippen MR) is 120 cm³/mol. The molecule has 0 aliphatic carbocycles. The van der Waals surface area contributed by atoms with E-state index in [4.69, 9.17) is 11.6 Å². The molecule has 0 spiro atoms. The number of benzene rings is 1. The minimum atomic E-state index is -3.53. The Morgan fingerprint density at radius 3 is 2.74 bits per heavy atom. The number of nitrogens with zero attached hydrogens (tertiary/aromatic N) is 4. The number of hydrogen-bond donors (Lipinski definition) is 1. The van der Waals surface area contributed by atoms with Gasteiger partial charge in [0, 0.05) is 24.4 Å². The Morgan fingerprint density at radius 1 is 1.23 bits per heavy atom. The van der Waals surface area contributed by atoms with Gasteiger partial charge in [0.05, 0.1) is 29.2 Å². The van der Waals surface area contributed by atoms with Crippen molar-refractivity contribution >= 4 is 38.9 Å². The number of hydrogen-bond acceptors (Lipinski definition) is 5. The number of rotatable bonds is 4. The largest absolute Gasteiger partial charge is 0.330 e. The average Bonchev–Trinajstić information content (AvgIpc) is 3.10. The SMILES string of the molecule is Cc1ccc(NS(C)(=O)=O)c(C(=O)N2CCCC[C@H]2c2cc3nc(Cl)c(C)cn3n2)c1. The fraction of sp³-hybridized carbons (Fsp3) is 0.381. The van der Waals surface area contributed by atoms with Crippen molar-refractivity contribution in [2.45, 2.75) is 39.2 Å². The van der Waals surface area contributed by atoms with Crippen LogP contribution in [0.5, 0.6) is 0 Å². The third-order valence-electron chi connectivity index (χ3n) is 5.39. The Kier molecular flexibility index (Phi) is 5.65. The maximum absolute atomic E-state index is 13.6. The van der Waals surface area contributed by atoms with E-state index >= 15 is 0 Å². The lowest BCUT2D eigenvalue weighted by Crippen LogP contribution is -2.39. The summed E-state index contributed by atoms with van der Waals surface area (Å²) < 4.78 is 27.8. The molecule has 0 saturated carbocycles. The fourth-order valence-electron chi connectivity index (χ4n) is 3.93. The molecule has 10 heteroatoms. The molecule has 0 unspecified atom stereocenters. The molecule has 3 heterocycles. The summed E-state index contributed by atoms with van der Waals surface area (Å²) in [4.78, 5) is 19.7. The molecule has 8 nitrogen and oxygen atoms in total. The zero-order valence-electron chi connectivity index (χ0n) is 17.6. The zero-order valence-corrected chi connectivity index (χ0v) is 19.2. The average molecular weight is 462 g/mol. The number of halogens is 1. The predicted octanol–water partition coefficient (Wildman–Crippen LogP) is 3.74. The number of aromatic nitrogens is 3. The van der Waals surface area contributed by atoms with Gasteiger partial charge in [-0.2, -0.15) is 5.10 Å². The number of aryl methyl sites for hydroxylation is 2. The van der Waals surface area contributed by atoms with Gasteiger partial charge < -0.3 is 4.90 Å². The molecule has 4 rings (SSSR count). The number of anilines is 1. The molecule has 1 atom stereocenters. The minimum Gasteiger partial charge on any atom is -0.330 e. The molecule has 1 aliphatic heterocycles. The summed E-state index contributed by atoms with van der Waals surface area (Å²) in [6, 6.07) is 6.75. The molecule has 0 bridgehead atoms. The van der Waals surface area contributed by atoms with Crippen LogP contribution in [-0.4, -0.2) is 46.6 Å². The summed E-state index contributed by atoms with van der Waals surface area (Å²) in [6.45, 7) is 4.30. The van der Waals surface area contributed by atoms with Gasteiger partial charge in [-0.3, -0.25) is 9.52 Å². The van der Waals surface area contributed by atoms with Gasteiger partial charge in [0.2, 0.25) is 10.0 Å². The van der Waals surface area contributed by atoms with Crippen LogP contribution in [0.15, 0.2) is 30.5 Å². The van der Waals surface area contributed by atoms with Crippen LogP contribution in [0, 0.1) is 13.8 Å². The van der Waals surface area contributed by atoms with Gasteiger partial charge in [-0.05, 0) is 45.2 Å². The van der Waals surface area contributed by atoms with E-state index in [1.807, 2.05) is 26.1 Å². The topological polar surface area (TPSA) is 96.7 Å². The molecule has 3 aromatic rings. The van der Waals surface area contributed by atoms with Crippen LogP contribution in [0.1, 0.15) is 52.5 Å². The van der Waals surface area contributed by atoms with Crippen LogP contribution in [0.2, 0.25) is 5.15 Å². The van der Waals surface area contributed by atoms with E-state index in [0.717, 1.165) is 42.3 Å². The van der Waals surface area contributed by atoms with Crippen molar-refractivity contribution in [3.63, 3.8) is 0 Å². The number of amides is 1. The van der Waals surface area contributed by atoms with Crippen molar-refractivity contribution in [2.75, 3.05) is 17.5 Å². The van der Waals surface area contributed by atoms with Crippen molar-refractivity contribution in [1.82, 2.24) is 19.5 Å². The number of piperidine rings is 1. The third-order valence-corrected chi connectivity index (χ3v) is 6.37. The molecule has 2 aromatic heterocycles. The number of carbonyl (C=O) groups is 1. The van der Waals surface area contributed by atoms with Gasteiger partial charge >= 0.3 is 0 Å². The first-order valence-electron chi connectivity index (χ1n) is 10.0. The van der Waals surface area contributed by atoms with E-state index < -0.39 is 10.0 Å². The van der Waals surface area contributed by atoms with Crippen molar-refractivity contribution in [3.8, 4) is 0 Å². The highest BCUT2D eigenvalue weighted by Gasteiger charge is 2.32. The van der Waals surface area contributed by atoms with Gasteiger partial charge in [-0.25, -0.2) is 17.9 Å². The highest BCUT2D eigenvalue weighted by atomic mass is 35.5. The molecular weight excluding hydrogens is 438 g/mol. The smallest absolute Gasteiger partial charge is 0.256 e. The second-order valence-corrected chi connectivity index (χ2v) is 10.1. The Hall–Kier alpha value is -2.65. The zero-order chi connectivity index (χ0) is 22.3. The first kappa shape index (κ1) is 21.6. The van der Waals surface area contributed by atoms with Crippen molar-refractivity contribution in [1.29, 1.82) is 0 Å². The fourth-order valence-corrected chi connectivity index (χ4v) is 4.64. The Balaban J connectivity index is 1.73. The molecule has 1 N–H and O–H groups in total. The normalized spacial score (nSPS) is 17.2. The first-order valence-corrected chi connectivity index (χ1v) is 12.3. The van der Waals surface area contributed by atoms with Gasteiger partial charge in [-0.1, -0.05) is 23.2 Å². The molecule has 1 aliphatic rings. The van der Waals surface area contributed by atoms with Crippen LogP contribution in [0.25, 0.3) is 5.65 Å². The molecule has 1 aromatic carbocycles. The van der Waals surface area contributed by atoms with Gasteiger partial charge in [0.15, 0.2) is 5.65 Å². The van der Waals surface area contributed by atoms with Gasteiger partial charge in [0.1, 0.15) is 5.15 Å². The lowest BCUT2D eigenvalue weighted by molar-refractivity contribution is 0.0606. The van der Waals surface area contributed by atoms with Crippen molar-refractivity contribution in [3.05, 3.63) is 58.0 Å². The molecule has 1 fully saturated rings. The number of sulfonamides is 1. The lowest BCUT2D eigenvalue weighted by Gasteiger charge is -2.35. The standard InChI is InChI=1S/C21H24ClN5O3S/c1-13-7-8-16(25-31(3,29)30)15(10-13)21(28)26-9-5-4-6-18(26)17-11-19-23-20(22)14(2)12-27(19)24-17/h7-8,10-12,18,25H,4-6,9H2,1-3H3/t18-/m0/s1. The van der Waals surface area contributed by atoms with Crippen LogP contribution >= 0.6 is 11.6 Å². The minimum absolute atomic E-state index is 0.223. The van der Waals surface area contributed by atoms with E-state index in [2.05, 4.69) is 14.8 Å². The monoisotopic (exact) mass is 461 g/mol. The van der Waals surface area contributed by atoms with E-state index in [9.17, 15) is 13.2 Å². The van der Waals surface area contributed by atoms with Gasteiger partial charge in [-0.15, -0.1) is 0 Å². The summed E-state index contributed by atoms with van der Waals surface area (Å²) in [7, 11) is -3.53. The summed E-state index contributed by atoms with van der Waals surface area (Å²) >= 11 is 6.15. The van der Waals surface area contributed by atoms with Crippen molar-refractivity contribution in [2.24, 2.45) is 0 Å². The van der Waals surface area contributed by atoms with Gasteiger partial charge in [0.25, 0.3) is 5.91 Å². The summed E-state index contributed by atoms with van der Waals surface area (Å²) in [6.07, 6.45) is 5.50.